The Morgan fingerprint density at radius 2 is 1.89 bits per heavy atom. The number of amides is 1. The van der Waals surface area contributed by atoms with Crippen molar-refractivity contribution in [3.63, 3.8) is 0 Å². The summed E-state index contributed by atoms with van der Waals surface area (Å²) in [6.07, 6.45) is 2.23. The van der Waals surface area contributed by atoms with Gasteiger partial charge >= 0.3 is 5.97 Å². The van der Waals surface area contributed by atoms with Crippen molar-refractivity contribution in [3.05, 3.63) is 46.5 Å². The Morgan fingerprint density at radius 3 is 2.50 bits per heavy atom. The number of carboxylic acids is 1. The minimum absolute atomic E-state index is 0.150. The van der Waals surface area contributed by atoms with Crippen molar-refractivity contribution >= 4 is 23.5 Å². The minimum Gasteiger partial charge on any atom is -0.478 e. The van der Waals surface area contributed by atoms with E-state index in [9.17, 15) is 9.59 Å². The molecule has 1 aromatic carbocycles. The molecule has 2 rings (SSSR count). The first-order chi connectivity index (χ1) is 8.58. The standard InChI is InChI=1S/C13H12ClNO3/c14-11-5-3-9(4-6-11)12(16)15-7-1-2-10(8-15)13(17)18/h2-6H,1,7-8H2,(H,17,18). The molecule has 1 amide bonds. The molecule has 0 saturated carbocycles. The normalized spacial score (nSPS) is 15.2. The van der Waals surface area contributed by atoms with Gasteiger partial charge < -0.3 is 10.0 Å². The first-order valence-electron chi connectivity index (χ1n) is 5.55. The molecule has 4 nitrogen and oxygen atoms in total. The largest absolute Gasteiger partial charge is 0.478 e. The van der Waals surface area contributed by atoms with Crippen molar-refractivity contribution in [2.75, 3.05) is 13.1 Å². The number of aliphatic carboxylic acids is 1. The molecule has 18 heavy (non-hydrogen) atoms. The molecule has 1 aliphatic heterocycles. The SMILES string of the molecule is O=C(O)C1=CCCN(C(=O)c2ccc(Cl)cc2)C1. The van der Waals surface area contributed by atoms with Gasteiger partial charge in [-0.05, 0) is 30.7 Å². The van der Waals surface area contributed by atoms with E-state index in [-0.39, 0.29) is 18.0 Å². The number of halogens is 1. The van der Waals surface area contributed by atoms with Gasteiger partial charge in [-0.15, -0.1) is 0 Å². The van der Waals surface area contributed by atoms with E-state index in [0.717, 1.165) is 0 Å². The first kappa shape index (κ1) is 12.6. The third kappa shape index (κ3) is 2.71. The van der Waals surface area contributed by atoms with Gasteiger partial charge in [0.2, 0.25) is 0 Å². The van der Waals surface area contributed by atoms with Crippen LogP contribution in [-0.4, -0.2) is 35.0 Å². The van der Waals surface area contributed by atoms with Crippen LogP contribution in [-0.2, 0) is 4.79 Å². The predicted octanol–water partition coefficient (Wildman–Crippen LogP) is 2.20. The molecule has 0 atom stereocenters. The molecule has 0 fully saturated rings. The smallest absolute Gasteiger partial charge is 0.333 e. The van der Waals surface area contributed by atoms with Crippen LogP contribution in [0.25, 0.3) is 0 Å². The highest BCUT2D eigenvalue weighted by molar-refractivity contribution is 6.30. The molecule has 5 heteroatoms. The molecule has 0 bridgehead atoms. The Balaban J connectivity index is 2.13. The molecular formula is C13H12ClNO3. The second-order valence-electron chi connectivity index (χ2n) is 4.06. The zero-order valence-electron chi connectivity index (χ0n) is 9.60. The lowest BCUT2D eigenvalue weighted by atomic mass is 10.1. The van der Waals surface area contributed by atoms with Crippen LogP contribution < -0.4 is 0 Å². The fraction of sp³-hybridized carbons (Fsp3) is 0.231. The van der Waals surface area contributed by atoms with E-state index in [2.05, 4.69) is 0 Å². The number of rotatable bonds is 2. The Bertz CT molecular complexity index is 507. The van der Waals surface area contributed by atoms with Crippen molar-refractivity contribution in [1.82, 2.24) is 4.90 Å². The summed E-state index contributed by atoms with van der Waals surface area (Å²) in [5, 5.41) is 9.49. The maximum absolute atomic E-state index is 12.1. The summed E-state index contributed by atoms with van der Waals surface area (Å²) < 4.78 is 0. The van der Waals surface area contributed by atoms with Crippen LogP contribution in [0.3, 0.4) is 0 Å². The molecule has 0 spiro atoms. The lowest BCUT2D eigenvalue weighted by molar-refractivity contribution is -0.132. The zero-order chi connectivity index (χ0) is 13.1. The highest BCUT2D eigenvalue weighted by atomic mass is 35.5. The van der Waals surface area contributed by atoms with Crippen LogP contribution in [0.4, 0.5) is 0 Å². The van der Waals surface area contributed by atoms with Gasteiger partial charge in [0.15, 0.2) is 0 Å². The van der Waals surface area contributed by atoms with E-state index in [1.54, 1.807) is 30.3 Å². The third-order valence-electron chi connectivity index (χ3n) is 2.80. The number of carbonyl (C=O) groups excluding carboxylic acids is 1. The first-order valence-corrected chi connectivity index (χ1v) is 5.93. The van der Waals surface area contributed by atoms with E-state index in [1.807, 2.05) is 0 Å². The molecule has 1 aliphatic rings. The van der Waals surface area contributed by atoms with Crippen LogP contribution in [0, 0.1) is 0 Å². The molecule has 0 aliphatic carbocycles. The monoisotopic (exact) mass is 265 g/mol. The predicted molar refractivity (Wildman–Crippen MR) is 67.7 cm³/mol. The number of nitrogens with zero attached hydrogens (tertiary/aromatic N) is 1. The summed E-state index contributed by atoms with van der Waals surface area (Å²) in [6.45, 7) is 0.690. The summed E-state index contributed by atoms with van der Waals surface area (Å²) in [7, 11) is 0. The number of carboxylic acid groups (broad SMARTS) is 1. The zero-order valence-corrected chi connectivity index (χ0v) is 10.4. The highest BCUT2D eigenvalue weighted by Crippen LogP contribution is 2.15. The summed E-state index contributed by atoms with van der Waals surface area (Å²) in [4.78, 5) is 24.6. The Labute approximate surface area is 109 Å². The fourth-order valence-electron chi connectivity index (χ4n) is 1.85. The quantitative estimate of drug-likeness (QED) is 0.892. The number of carbonyl (C=O) groups is 2. The summed E-state index contributed by atoms with van der Waals surface area (Å²) in [5.74, 6) is -1.14. The van der Waals surface area contributed by atoms with Crippen LogP contribution in [0.15, 0.2) is 35.9 Å². The van der Waals surface area contributed by atoms with Crippen molar-refractivity contribution in [2.24, 2.45) is 0 Å². The van der Waals surface area contributed by atoms with Crippen LogP contribution >= 0.6 is 11.6 Å². The van der Waals surface area contributed by atoms with Crippen LogP contribution in [0.1, 0.15) is 16.8 Å². The fourth-order valence-corrected chi connectivity index (χ4v) is 1.97. The molecule has 1 aromatic rings. The molecule has 1 heterocycles. The van der Waals surface area contributed by atoms with Gasteiger partial charge in [0.25, 0.3) is 5.91 Å². The van der Waals surface area contributed by atoms with Gasteiger partial charge in [0.1, 0.15) is 0 Å². The Morgan fingerprint density at radius 1 is 1.22 bits per heavy atom. The topological polar surface area (TPSA) is 57.6 Å². The molecular weight excluding hydrogens is 254 g/mol. The van der Waals surface area contributed by atoms with Crippen LogP contribution in [0.2, 0.25) is 5.02 Å². The van der Waals surface area contributed by atoms with E-state index >= 15 is 0 Å². The van der Waals surface area contributed by atoms with Gasteiger partial charge in [-0.3, -0.25) is 4.79 Å². The average molecular weight is 266 g/mol. The third-order valence-corrected chi connectivity index (χ3v) is 3.06. The average Bonchev–Trinajstić information content (AvgIpc) is 2.39. The van der Waals surface area contributed by atoms with E-state index < -0.39 is 5.97 Å². The Kier molecular flexibility index (Phi) is 3.67. The highest BCUT2D eigenvalue weighted by Gasteiger charge is 2.22. The van der Waals surface area contributed by atoms with Crippen molar-refractivity contribution < 1.29 is 14.7 Å². The van der Waals surface area contributed by atoms with E-state index in [4.69, 9.17) is 16.7 Å². The maximum Gasteiger partial charge on any atom is 0.333 e. The lowest BCUT2D eigenvalue weighted by Gasteiger charge is -2.26. The Hall–Kier alpha value is -1.81. The number of hydrogen-bond acceptors (Lipinski definition) is 2. The molecule has 0 aromatic heterocycles. The van der Waals surface area contributed by atoms with Gasteiger partial charge in [0.05, 0.1) is 12.1 Å². The van der Waals surface area contributed by atoms with Gasteiger partial charge in [-0.1, -0.05) is 17.7 Å². The van der Waals surface area contributed by atoms with Gasteiger partial charge in [-0.25, -0.2) is 4.79 Å². The minimum atomic E-state index is -0.969. The van der Waals surface area contributed by atoms with E-state index in [1.165, 1.54) is 4.90 Å². The lowest BCUT2D eigenvalue weighted by Crippen LogP contribution is -2.37. The second kappa shape index (κ2) is 5.23. The number of hydrogen-bond donors (Lipinski definition) is 1. The summed E-state index contributed by atoms with van der Waals surface area (Å²) in [6, 6.07) is 6.58. The van der Waals surface area contributed by atoms with Crippen LogP contribution in [0.5, 0.6) is 0 Å². The molecule has 1 N–H and O–H groups in total. The van der Waals surface area contributed by atoms with Gasteiger partial charge in [0, 0.05) is 17.1 Å². The number of benzene rings is 1. The molecule has 0 radical (unpaired) electrons. The molecule has 94 valence electrons. The van der Waals surface area contributed by atoms with Gasteiger partial charge in [-0.2, -0.15) is 0 Å². The summed E-state index contributed by atoms with van der Waals surface area (Å²) in [5.41, 5.74) is 0.787. The summed E-state index contributed by atoms with van der Waals surface area (Å²) >= 11 is 5.76. The second-order valence-corrected chi connectivity index (χ2v) is 4.49. The maximum atomic E-state index is 12.1. The van der Waals surface area contributed by atoms with Crippen molar-refractivity contribution in [2.45, 2.75) is 6.42 Å². The molecule has 0 saturated heterocycles. The van der Waals surface area contributed by atoms with E-state index in [0.29, 0.717) is 23.6 Å². The van der Waals surface area contributed by atoms with Crippen molar-refractivity contribution in [3.8, 4) is 0 Å². The molecule has 0 unspecified atom stereocenters. The van der Waals surface area contributed by atoms with Crippen molar-refractivity contribution in [1.29, 1.82) is 0 Å².